The van der Waals surface area contributed by atoms with Gasteiger partial charge in [0, 0.05) is 6.54 Å². The molecule has 0 unspecified atom stereocenters. The fraction of sp³-hybridized carbons (Fsp3) is 0.231. The van der Waals surface area contributed by atoms with Gasteiger partial charge in [-0.2, -0.15) is 5.10 Å². The number of aliphatic carboxylic acids is 1. The van der Waals surface area contributed by atoms with Crippen LogP contribution in [-0.4, -0.2) is 37.1 Å². The van der Waals surface area contributed by atoms with E-state index in [1.54, 1.807) is 6.92 Å². The smallest absolute Gasteiger partial charge is 0.329 e. The Morgan fingerprint density at radius 1 is 1.26 bits per heavy atom. The molecular formula is C13H12Cl2N3O5-. The number of amides is 2. The molecule has 0 aliphatic carbocycles. The molecule has 8 nitrogen and oxygen atoms in total. The number of carbonyl (C=O) groups excluding carboxylic acids is 3. The number of hydrogen-bond acceptors (Lipinski definition) is 6. The summed E-state index contributed by atoms with van der Waals surface area (Å²) in [6.07, 6.45) is 1.21. The molecule has 0 spiro atoms. The Morgan fingerprint density at radius 2 is 1.87 bits per heavy atom. The summed E-state index contributed by atoms with van der Waals surface area (Å²) >= 11 is 11.8. The number of carbonyl (C=O) groups is 3. The lowest BCUT2D eigenvalue weighted by molar-refractivity contribution is -0.307. The molecule has 0 heterocycles. The number of benzene rings is 1. The van der Waals surface area contributed by atoms with Gasteiger partial charge in [-0.05, 0) is 24.6 Å². The topological polar surface area (TPSA) is 120 Å². The van der Waals surface area contributed by atoms with Crippen molar-refractivity contribution in [2.75, 3.05) is 13.2 Å². The first-order valence-electron chi connectivity index (χ1n) is 6.28. The summed E-state index contributed by atoms with van der Waals surface area (Å²) in [7, 11) is 0. The van der Waals surface area contributed by atoms with E-state index < -0.39 is 24.4 Å². The third kappa shape index (κ3) is 6.13. The first-order chi connectivity index (χ1) is 10.8. The van der Waals surface area contributed by atoms with E-state index in [2.05, 4.69) is 10.4 Å². The number of likely N-dealkylation sites (N-methyl/N-ethyl adjacent to an activating group) is 1. The molecule has 0 bridgehead atoms. The maximum absolute atomic E-state index is 11.3. The van der Waals surface area contributed by atoms with Crippen molar-refractivity contribution in [1.29, 1.82) is 0 Å². The van der Waals surface area contributed by atoms with Gasteiger partial charge in [-0.25, -0.2) is 5.43 Å². The molecule has 0 atom stereocenters. The van der Waals surface area contributed by atoms with Crippen LogP contribution in [0.1, 0.15) is 12.5 Å². The molecule has 0 aliphatic heterocycles. The highest BCUT2D eigenvalue weighted by molar-refractivity contribution is 6.37. The molecule has 0 aliphatic rings. The maximum Gasteiger partial charge on any atom is 0.329 e. The van der Waals surface area contributed by atoms with Gasteiger partial charge in [-0.15, -0.1) is 0 Å². The summed E-state index contributed by atoms with van der Waals surface area (Å²) < 4.78 is 4.89. The number of carboxylic acid groups (broad SMARTS) is 1. The van der Waals surface area contributed by atoms with Crippen molar-refractivity contribution < 1.29 is 24.2 Å². The van der Waals surface area contributed by atoms with Gasteiger partial charge in [-0.3, -0.25) is 9.59 Å². The number of ether oxygens (including phenoxy) is 1. The average Bonchev–Trinajstić information content (AvgIpc) is 2.46. The van der Waals surface area contributed by atoms with Crippen LogP contribution in [0.5, 0.6) is 5.75 Å². The van der Waals surface area contributed by atoms with Crippen LogP contribution < -0.4 is 20.6 Å². The molecule has 1 aromatic rings. The van der Waals surface area contributed by atoms with Crippen LogP contribution in [0.15, 0.2) is 17.2 Å². The largest absolute Gasteiger partial charge is 0.546 e. The zero-order valence-corrected chi connectivity index (χ0v) is 13.4. The van der Waals surface area contributed by atoms with Gasteiger partial charge in [0.15, 0.2) is 5.75 Å². The molecule has 0 radical (unpaired) electrons. The van der Waals surface area contributed by atoms with Crippen LogP contribution in [0.4, 0.5) is 0 Å². The van der Waals surface area contributed by atoms with Gasteiger partial charge < -0.3 is 20.0 Å². The summed E-state index contributed by atoms with van der Waals surface area (Å²) in [6.45, 7) is 1.28. The number of nitrogens with one attached hydrogen (secondary N) is 2. The SMILES string of the molecule is CCNC(=O)C(=O)N/N=C\c1cc(Cl)c(OCC(=O)[O-])c(Cl)c1. The minimum atomic E-state index is -1.42. The number of halogens is 2. The molecule has 1 aromatic carbocycles. The van der Waals surface area contributed by atoms with Gasteiger partial charge in [-0.1, -0.05) is 23.2 Å². The predicted molar refractivity (Wildman–Crippen MR) is 81.4 cm³/mol. The van der Waals surface area contributed by atoms with Crippen LogP contribution in [0.3, 0.4) is 0 Å². The first-order valence-corrected chi connectivity index (χ1v) is 7.03. The Bertz CT molecular complexity index is 625. The van der Waals surface area contributed by atoms with Gasteiger partial charge in [0.1, 0.15) is 6.61 Å². The number of hydrazone groups is 1. The molecule has 2 amide bonds. The van der Waals surface area contributed by atoms with Crippen molar-refractivity contribution in [1.82, 2.24) is 10.7 Å². The quantitative estimate of drug-likeness (QED) is 0.410. The Balaban J connectivity index is 2.75. The van der Waals surface area contributed by atoms with Crippen LogP contribution in [0.2, 0.25) is 10.0 Å². The van der Waals surface area contributed by atoms with Crippen molar-refractivity contribution in [2.24, 2.45) is 5.10 Å². The van der Waals surface area contributed by atoms with Crippen LogP contribution in [0, 0.1) is 0 Å². The van der Waals surface area contributed by atoms with Crippen molar-refractivity contribution in [2.45, 2.75) is 6.92 Å². The van der Waals surface area contributed by atoms with E-state index in [9.17, 15) is 19.5 Å². The highest BCUT2D eigenvalue weighted by atomic mass is 35.5. The Morgan fingerprint density at radius 3 is 2.39 bits per heavy atom. The molecule has 0 fully saturated rings. The van der Waals surface area contributed by atoms with Crippen LogP contribution in [-0.2, 0) is 14.4 Å². The molecule has 2 N–H and O–H groups in total. The van der Waals surface area contributed by atoms with Gasteiger partial charge in [0.05, 0.1) is 22.2 Å². The number of hydrogen-bond donors (Lipinski definition) is 2. The van der Waals surface area contributed by atoms with E-state index in [4.69, 9.17) is 27.9 Å². The summed E-state index contributed by atoms with van der Waals surface area (Å²) in [6, 6.07) is 2.78. The molecule has 0 aromatic heterocycles. The van der Waals surface area contributed by atoms with E-state index >= 15 is 0 Å². The molecular weight excluding hydrogens is 349 g/mol. The second kappa shape index (κ2) is 8.96. The third-order valence-corrected chi connectivity index (χ3v) is 2.84. The van der Waals surface area contributed by atoms with Crippen molar-refractivity contribution >= 4 is 47.2 Å². The second-order valence-corrected chi connectivity index (χ2v) is 4.85. The molecule has 23 heavy (non-hydrogen) atoms. The summed E-state index contributed by atoms with van der Waals surface area (Å²) in [4.78, 5) is 32.8. The summed E-state index contributed by atoms with van der Waals surface area (Å²) in [5.41, 5.74) is 2.42. The van der Waals surface area contributed by atoms with Crippen molar-refractivity contribution in [3.8, 4) is 5.75 Å². The van der Waals surface area contributed by atoms with Crippen molar-refractivity contribution in [3.05, 3.63) is 27.7 Å². The lowest BCUT2D eigenvalue weighted by Crippen LogP contribution is -2.37. The lowest BCUT2D eigenvalue weighted by Gasteiger charge is -2.10. The Labute approximate surface area is 141 Å². The van der Waals surface area contributed by atoms with E-state index in [0.717, 1.165) is 0 Å². The normalized spacial score (nSPS) is 10.4. The fourth-order valence-electron chi connectivity index (χ4n) is 1.38. The molecule has 124 valence electrons. The molecule has 10 heteroatoms. The number of carboxylic acids is 1. The predicted octanol–water partition coefficient (Wildman–Crippen LogP) is -0.292. The van der Waals surface area contributed by atoms with Gasteiger partial charge in [0.25, 0.3) is 0 Å². The van der Waals surface area contributed by atoms with Gasteiger partial charge in [0.2, 0.25) is 0 Å². The minimum absolute atomic E-state index is 0.0129. The fourth-order valence-corrected chi connectivity index (χ4v) is 1.99. The highest BCUT2D eigenvalue weighted by Crippen LogP contribution is 2.33. The van der Waals surface area contributed by atoms with Gasteiger partial charge >= 0.3 is 11.8 Å². The van der Waals surface area contributed by atoms with Crippen LogP contribution >= 0.6 is 23.2 Å². The summed E-state index contributed by atoms with van der Waals surface area (Å²) in [5, 5.41) is 16.3. The Hall–Kier alpha value is -2.32. The van der Waals surface area contributed by atoms with Crippen LogP contribution in [0.25, 0.3) is 0 Å². The third-order valence-electron chi connectivity index (χ3n) is 2.28. The second-order valence-electron chi connectivity index (χ2n) is 4.03. The minimum Gasteiger partial charge on any atom is -0.546 e. The number of nitrogens with zero attached hydrogens (tertiary/aromatic N) is 1. The Kier molecular flexibility index (Phi) is 7.30. The van der Waals surface area contributed by atoms with Crippen molar-refractivity contribution in [3.63, 3.8) is 0 Å². The molecule has 1 rings (SSSR count). The zero-order chi connectivity index (χ0) is 17.4. The monoisotopic (exact) mass is 360 g/mol. The lowest BCUT2D eigenvalue weighted by atomic mass is 10.2. The maximum atomic E-state index is 11.3. The van der Waals surface area contributed by atoms with E-state index in [-0.39, 0.29) is 15.8 Å². The highest BCUT2D eigenvalue weighted by Gasteiger charge is 2.11. The van der Waals surface area contributed by atoms with E-state index in [1.165, 1.54) is 18.3 Å². The standard InChI is InChI=1S/C13H13Cl2N3O5/c1-2-16-12(21)13(22)18-17-5-7-3-8(14)11(9(15)4-7)23-6-10(19)20/h3-5H,2,6H2,1H3,(H,16,21)(H,18,22)(H,19,20)/p-1/b17-5-. The summed E-state index contributed by atoms with van der Waals surface area (Å²) in [5.74, 6) is -3.17. The molecule has 0 saturated heterocycles. The number of rotatable bonds is 6. The molecule has 0 saturated carbocycles. The zero-order valence-electron chi connectivity index (χ0n) is 11.9. The van der Waals surface area contributed by atoms with E-state index in [0.29, 0.717) is 12.1 Å². The van der Waals surface area contributed by atoms with E-state index in [1.807, 2.05) is 5.43 Å². The average molecular weight is 361 g/mol. The first kappa shape index (κ1) is 18.7.